The molecule has 0 radical (unpaired) electrons. The maximum atomic E-state index is 12.3. The van der Waals surface area contributed by atoms with Crippen molar-refractivity contribution in [2.75, 3.05) is 13.1 Å². The Morgan fingerprint density at radius 3 is 2.56 bits per heavy atom. The highest BCUT2D eigenvalue weighted by Gasteiger charge is 2.43. The van der Waals surface area contributed by atoms with E-state index in [2.05, 4.69) is 5.32 Å². The quantitative estimate of drug-likeness (QED) is 0.802. The van der Waals surface area contributed by atoms with Gasteiger partial charge in [0.2, 0.25) is 5.91 Å². The Morgan fingerprint density at radius 1 is 1.22 bits per heavy atom. The lowest BCUT2D eigenvalue weighted by Gasteiger charge is -2.29. The molecule has 3 nitrogen and oxygen atoms in total. The molecule has 0 heterocycles. The zero-order valence-corrected chi connectivity index (χ0v) is 11.3. The molecular formula is C15H26N2O. The van der Waals surface area contributed by atoms with E-state index in [-0.39, 0.29) is 5.41 Å². The van der Waals surface area contributed by atoms with E-state index in [1.54, 1.807) is 0 Å². The van der Waals surface area contributed by atoms with Crippen LogP contribution in [0.5, 0.6) is 0 Å². The molecule has 0 aromatic rings. The second kappa shape index (κ2) is 4.84. The molecule has 0 saturated heterocycles. The van der Waals surface area contributed by atoms with Gasteiger partial charge in [-0.1, -0.05) is 19.3 Å². The van der Waals surface area contributed by atoms with Crippen molar-refractivity contribution in [2.24, 2.45) is 28.9 Å². The molecule has 3 aliphatic carbocycles. The topological polar surface area (TPSA) is 55.1 Å². The highest BCUT2D eigenvalue weighted by Crippen LogP contribution is 2.48. The van der Waals surface area contributed by atoms with Crippen LogP contribution in [0, 0.1) is 23.2 Å². The number of fused-ring (bicyclic) bond motifs is 2. The van der Waals surface area contributed by atoms with Crippen molar-refractivity contribution >= 4 is 5.91 Å². The Morgan fingerprint density at radius 2 is 2.00 bits per heavy atom. The maximum absolute atomic E-state index is 12.3. The van der Waals surface area contributed by atoms with Gasteiger partial charge in [0.15, 0.2) is 0 Å². The average molecular weight is 250 g/mol. The van der Waals surface area contributed by atoms with Crippen LogP contribution in [0.1, 0.15) is 51.4 Å². The summed E-state index contributed by atoms with van der Waals surface area (Å²) in [6.07, 6.45) is 10.0. The van der Waals surface area contributed by atoms with Crippen molar-refractivity contribution in [2.45, 2.75) is 51.4 Å². The number of hydrogen-bond acceptors (Lipinski definition) is 2. The Balaban J connectivity index is 1.52. The summed E-state index contributed by atoms with van der Waals surface area (Å²) in [7, 11) is 0. The van der Waals surface area contributed by atoms with Gasteiger partial charge in [0.25, 0.3) is 0 Å². The predicted octanol–water partition coefficient (Wildman–Crippen LogP) is 2.06. The van der Waals surface area contributed by atoms with Crippen LogP contribution < -0.4 is 11.1 Å². The SMILES string of the molecule is NCC1(CNC(=O)C2CC3CCC2C3)CCCC1. The first-order valence-electron chi connectivity index (χ1n) is 7.70. The Bertz CT molecular complexity index is 322. The van der Waals surface area contributed by atoms with Gasteiger partial charge >= 0.3 is 0 Å². The van der Waals surface area contributed by atoms with Gasteiger partial charge in [-0.05, 0) is 55.9 Å². The number of carbonyl (C=O) groups excluding carboxylic acids is 1. The lowest BCUT2D eigenvalue weighted by molar-refractivity contribution is -0.127. The van der Waals surface area contributed by atoms with Gasteiger partial charge in [0, 0.05) is 12.5 Å². The zero-order valence-electron chi connectivity index (χ0n) is 11.3. The van der Waals surface area contributed by atoms with E-state index in [1.807, 2.05) is 0 Å². The van der Waals surface area contributed by atoms with Crippen LogP contribution in [0.2, 0.25) is 0 Å². The Hall–Kier alpha value is -0.570. The third kappa shape index (κ3) is 2.18. The summed E-state index contributed by atoms with van der Waals surface area (Å²) in [5, 5.41) is 3.22. The second-order valence-electron chi connectivity index (χ2n) is 6.91. The number of amides is 1. The molecule has 1 amide bonds. The van der Waals surface area contributed by atoms with Gasteiger partial charge in [0.1, 0.15) is 0 Å². The van der Waals surface area contributed by atoms with Crippen LogP contribution in [0.15, 0.2) is 0 Å². The van der Waals surface area contributed by atoms with Crippen LogP contribution in [0.25, 0.3) is 0 Å². The number of nitrogens with two attached hydrogens (primary N) is 1. The maximum Gasteiger partial charge on any atom is 0.223 e. The molecule has 0 aromatic heterocycles. The van der Waals surface area contributed by atoms with Crippen LogP contribution in [0.3, 0.4) is 0 Å². The molecule has 3 heteroatoms. The molecule has 3 rings (SSSR count). The van der Waals surface area contributed by atoms with Crippen molar-refractivity contribution in [3.05, 3.63) is 0 Å². The monoisotopic (exact) mass is 250 g/mol. The molecule has 3 saturated carbocycles. The minimum Gasteiger partial charge on any atom is -0.355 e. The van der Waals surface area contributed by atoms with Gasteiger partial charge in [0.05, 0.1) is 0 Å². The van der Waals surface area contributed by atoms with E-state index in [0.29, 0.717) is 17.7 Å². The molecular weight excluding hydrogens is 224 g/mol. The van der Waals surface area contributed by atoms with Gasteiger partial charge in [-0.2, -0.15) is 0 Å². The molecule has 3 fully saturated rings. The largest absolute Gasteiger partial charge is 0.355 e. The fourth-order valence-corrected chi connectivity index (χ4v) is 4.55. The smallest absolute Gasteiger partial charge is 0.223 e. The molecule has 3 atom stereocenters. The zero-order chi connectivity index (χ0) is 12.6. The van der Waals surface area contributed by atoms with Crippen LogP contribution in [-0.2, 0) is 4.79 Å². The van der Waals surface area contributed by atoms with Gasteiger partial charge < -0.3 is 11.1 Å². The molecule has 102 valence electrons. The summed E-state index contributed by atoms with van der Waals surface area (Å²) < 4.78 is 0. The normalized spacial score (nSPS) is 37.1. The first-order chi connectivity index (χ1) is 8.72. The van der Waals surface area contributed by atoms with Crippen LogP contribution >= 0.6 is 0 Å². The lowest BCUT2D eigenvalue weighted by Crippen LogP contribution is -2.43. The highest BCUT2D eigenvalue weighted by molar-refractivity contribution is 5.79. The Labute approximate surface area is 110 Å². The third-order valence-electron chi connectivity index (χ3n) is 5.81. The van der Waals surface area contributed by atoms with E-state index in [0.717, 1.165) is 25.4 Å². The molecule has 3 aliphatic rings. The van der Waals surface area contributed by atoms with Crippen molar-refractivity contribution in [3.63, 3.8) is 0 Å². The number of rotatable bonds is 4. The second-order valence-corrected chi connectivity index (χ2v) is 6.91. The summed E-state index contributed by atoms with van der Waals surface area (Å²) in [6, 6.07) is 0. The van der Waals surface area contributed by atoms with E-state index in [1.165, 1.54) is 44.9 Å². The third-order valence-corrected chi connectivity index (χ3v) is 5.81. The van der Waals surface area contributed by atoms with Crippen molar-refractivity contribution in [1.29, 1.82) is 0 Å². The number of hydrogen-bond donors (Lipinski definition) is 2. The van der Waals surface area contributed by atoms with Crippen LogP contribution in [-0.4, -0.2) is 19.0 Å². The van der Waals surface area contributed by atoms with E-state index in [4.69, 9.17) is 5.73 Å². The number of carbonyl (C=O) groups is 1. The van der Waals surface area contributed by atoms with Crippen molar-refractivity contribution in [3.8, 4) is 0 Å². The van der Waals surface area contributed by atoms with E-state index < -0.39 is 0 Å². The summed E-state index contributed by atoms with van der Waals surface area (Å²) >= 11 is 0. The van der Waals surface area contributed by atoms with E-state index in [9.17, 15) is 4.79 Å². The molecule has 3 unspecified atom stereocenters. The molecule has 0 aliphatic heterocycles. The van der Waals surface area contributed by atoms with E-state index >= 15 is 0 Å². The molecule has 0 aromatic carbocycles. The summed E-state index contributed by atoms with van der Waals surface area (Å²) in [4.78, 5) is 12.3. The highest BCUT2D eigenvalue weighted by atomic mass is 16.1. The van der Waals surface area contributed by atoms with Crippen molar-refractivity contribution < 1.29 is 4.79 Å². The van der Waals surface area contributed by atoms with Gasteiger partial charge in [-0.25, -0.2) is 0 Å². The lowest BCUT2D eigenvalue weighted by atomic mass is 9.85. The van der Waals surface area contributed by atoms with Gasteiger partial charge in [-0.3, -0.25) is 4.79 Å². The molecule has 18 heavy (non-hydrogen) atoms. The fourth-order valence-electron chi connectivity index (χ4n) is 4.55. The minimum absolute atomic E-state index is 0.216. The summed E-state index contributed by atoms with van der Waals surface area (Å²) in [6.45, 7) is 1.54. The fraction of sp³-hybridized carbons (Fsp3) is 0.933. The average Bonchev–Trinajstić information content (AvgIpc) is 3.12. The Kier molecular flexibility index (Phi) is 3.35. The van der Waals surface area contributed by atoms with Gasteiger partial charge in [-0.15, -0.1) is 0 Å². The molecule has 0 spiro atoms. The first-order valence-corrected chi connectivity index (χ1v) is 7.70. The van der Waals surface area contributed by atoms with Crippen molar-refractivity contribution in [1.82, 2.24) is 5.32 Å². The standard InChI is InChI=1S/C15H26N2O/c16-9-15(5-1-2-6-15)10-17-14(18)13-8-11-3-4-12(13)7-11/h11-13H,1-10,16H2,(H,17,18). The summed E-state index contributed by atoms with van der Waals surface area (Å²) in [5.41, 5.74) is 6.13. The molecule has 3 N–H and O–H groups in total. The summed E-state index contributed by atoms with van der Waals surface area (Å²) in [5.74, 6) is 2.18. The molecule has 2 bridgehead atoms. The predicted molar refractivity (Wildman–Crippen MR) is 71.9 cm³/mol. The van der Waals surface area contributed by atoms with Crippen LogP contribution in [0.4, 0.5) is 0 Å². The minimum atomic E-state index is 0.216. The first kappa shape index (κ1) is 12.5. The number of nitrogens with one attached hydrogen (secondary N) is 1.